The number of likely N-dealkylation sites (tertiary alicyclic amines) is 1. The van der Waals surface area contributed by atoms with Gasteiger partial charge in [-0.1, -0.05) is 23.2 Å². The number of alkyl halides is 2. The number of rotatable bonds is 6. The highest BCUT2D eigenvalue weighted by Gasteiger charge is 2.28. The highest BCUT2D eigenvalue weighted by Crippen LogP contribution is 2.35. The van der Waals surface area contributed by atoms with E-state index in [4.69, 9.17) is 23.2 Å². The van der Waals surface area contributed by atoms with Crippen LogP contribution >= 0.6 is 23.2 Å². The molecule has 0 saturated carbocycles. The fourth-order valence-corrected chi connectivity index (χ4v) is 5.50. The van der Waals surface area contributed by atoms with Crippen molar-refractivity contribution in [1.29, 1.82) is 0 Å². The summed E-state index contributed by atoms with van der Waals surface area (Å²) in [5.74, 6) is -2.07. The predicted molar refractivity (Wildman–Crippen MR) is 138 cm³/mol. The molecule has 0 atom stereocenters. The molecule has 4 rings (SSSR count). The Morgan fingerprint density at radius 1 is 1.17 bits per heavy atom. The standard InChI is InChI=1S/C27H29Cl2F2N3O2/c1-15-11-18(27(3,30)31)13-22-25(15)32-23(33(22)4)14-20-21(28)6-5-19(24(20)29)26(36)34-9-7-17(8-10-34)12-16(2)35/h5-6,11,13,17H,7-10,12,14H2,1-4H3. The van der Waals surface area contributed by atoms with Crippen LogP contribution in [-0.2, 0) is 24.2 Å². The van der Waals surface area contributed by atoms with E-state index in [9.17, 15) is 18.4 Å². The zero-order valence-electron chi connectivity index (χ0n) is 20.8. The van der Waals surface area contributed by atoms with Crippen molar-refractivity contribution in [3.8, 4) is 0 Å². The van der Waals surface area contributed by atoms with Gasteiger partial charge in [0.15, 0.2) is 0 Å². The lowest BCUT2D eigenvalue weighted by atomic mass is 9.91. The Balaban J connectivity index is 1.62. The van der Waals surface area contributed by atoms with Gasteiger partial charge in [-0.05, 0) is 68.0 Å². The van der Waals surface area contributed by atoms with E-state index in [1.54, 1.807) is 42.5 Å². The summed E-state index contributed by atoms with van der Waals surface area (Å²) < 4.78 is 29.7. The van der Waals surface area contributed by atoms with Crippen LogP contribution in [0.2, 0.25) is 10.0 Å². The Morgan fingerprint density at radius 2 is 1.83 bits per heavy atom. The zero-order valence-corrected chi connectivity index (χ0v) is 22.3. The van der Waals surface area contributed by atoms with E-state index in [0.717, 1.165) is 19.8 Å². The minimum Gasteiger partial charge on any atom is -0.339 e. The van der Waals surface area contributed by atoms with Crippen LogP contribution in [0.25, 0.3) is 11.0 Å². The van der Waals surface area contributed by atoms with Gasteiger partial charge < -0.3 is 14.3 Å². The van der Waals surface area contributed by atoms with Crippen LogP contribution in [0.5, 0.6) is 0 Å². The molecular formula is C27H29Cl2F2N3O2. The van der Waals surface area contributed by atoms with Gasteiger partial charge in [0, 0.05) is 50.5 Å². The first-order chi connectivity index (χ1) is 16.9. The minimum absolute atomic E-state index is 0.0715. The van der Waals surface area contributed by atoms with Gasteiger partial charge in [0.05, 0.1) is 21.6 Å². The fourth-order valence-electron chi connectivity index (χ4n) is 4.92. The number of piperidine rings is 1. The molecule has 1 aromatic heterocycles. The summed E-state index contributed by atoms with van der Waals surface area (Å²) in [7, 11) is 1.77. The first kappa shape index (κ1) is 26.6. The molecule has 1 aliphatic rings. The third-order valence-corrected chi connectivity index (χ3v) is 7.79. The van der Waals surface area contributed by atoms with Gasteiger partial charge in [-0.25, -0.2) is 13.8 Å². The molecule has 0 unspecified atom stereocenters. The Morgan fingerprint density at radius 3 is 2.44 bits per heavy atom. The molecule has 0 bridgehead atoms. The van der Waals surface area contributed by atoms with Crippen LogP contribution in [0, 0.1) is 12.8 Å². The molecule has 36 heavy (non-hydrogen) atoms. The van der Waals surface area contributed by atoms with E-state index in [1.165, 1.54) is 12.1 Å². The number of benzene rings is 2. The van der Waals surface area contributed by atoms with E-state index in [-0.39, 0.29) is 28.7 Å². The number of fused-ring (bicyclic) bond motifs is 1. The van der Waals surface area contributed by atoms with Gasteiger partial charge in [0.25, 0.3) is 11.8 Å². The van der Waals surface area contributed by atoms with Crippen molar-refractivity contribution in [1.82, 2.24) is 14.5 Å². The summed E-state index contributed by atoms with van der Waals surface area (Å²) in [6, 6.07) is 6.20. The predicted octanol–water partition coefficient (Wildman–Crippen LogP) is 6.72. The summed E-state index contributed by atoms with van der Waals surface area (Å²) in [5, 5.41) is 0.671. The molecule has 0 spiro atoms. The molecule has 1 saturated heterocycles. The monoisotopic (exact) mass is 535 g/mol. The van der Waals surface area contributed by atoms with Crippen LogP contribution in [0.3, 0.4) is 0 Å². The van der Waals surface area contributed by atoms with Gasteiger partial charge in [-0.3, -0.25) is 4.79 Å². The third-order valence-electron chi connectivity index (χ3n) is 7.01. The number of amides is 1. The summed E-state index contributed by atoms with van der Waals surface area (Å²) in [6.45, 7) is 5.36. The Bertz CT molecular complexity index is 1340. The van der Waals surface area contributed by atoms with E-state index in [2.05, 4.69) is 4.98 Å². The minimum atomic E-state index is -2.97. The van der Waals surface area contributed by atoms with Crippen LogP contribution in [-0.4, -0.2) is 39.2 Å². The van der Waals surface area contributed by atoms with Crippen molar-refractivity contribution in [2.45, 2.75) is 52.4 Å². The van der Waals surface area contributed by atoms with Gasteiger partial charge in [-0.2, -0.15) is 0 Å². The van der Waals surface area contributed by atoms with Crippen LogP contribution in [0.15, 0.2) is 24.3 Å². The van der Waals surface area contributed by atoms with E-state index >= 15 is 0 Å². The molecule has 2 heterocycles. The maximum Gasteiger partial charge on any atom is 0.270 e. The molecule has 5 nitrogen and oxygen atoms in total. The number of aryl methyl sites for hydroxylation is 2. The van der Waals surface area contributed by atoms with Gasteiger partial charge in [0.2, 0.25) is 0 Å². The lowest BCUT2D eigenvalue weighted by Crippen LogP contribution is -2.39. The molecule has 1 amide bonds. The second-order valence-electron chi connectivity index (χ2n) is 9.84. The summed E-state index contributed by atoms with van der Waals surface area (Å²) in [5.41, 5.74) is 2.73. The highest BCUT2D eigenvalue weighted by molar-refractivity contribution is 6.38. The van der Waals surface area contributed by atoms with Crippen LogP contribution in [0.1, 0.15) is 66.0 Å². The number of Topliss-reactive ketones (excluding diaryl/α,β-unsaturated/α-hetero) is 1. The van der Waals surface area contributed by atoms with Gasteiger partial charge in [0.1, 0.15) is 11.6 Å². The molecule has 2 aromatic carbocycles. The molecule has 0 N–H and O–H groups in total. The normalized spacial score (nSPS) is 15.1. The summed E-state index contributed by atoms with van der Waals surface area (Å²) in [6.07, 6.45) is 2.34. The van der Waals surface area contributed by atoms with Crippen LogP contribution in [0.4, 0.5) is 8.78 Å². The lowest BCUT2D eigenvalue weighted by Gasteiger charge is -2.32. The molecule has 192 valence electrons. The Hall–Kier alpha value is -2.51. The lowest BCUT2D eigenvalue weighted by molar-refractivity contribution is -0.118. The van der Waals surface area contributed by atoms with Gasteiger partial charge >= 0.3 is 0 Å². The van der Waals surface area contributed by atoms with E-state index < -0.39 is 5.92 Å². The number of aromatic nitrogens is 2. The van der Waals surface area contributed by atoms with Crippen molar-refractivity contribution in [3.05, 3.63) is 62.4 Å². The van der Waals surface area contributed by atoms with Crippen LogP contribution < -0.4 is 0 Å². The number of carbonyl (C=O) groups excluding carboxylic acids is 2. The van der Waals surface area contributed by atoms with E-state index in [1.807, 2.05) is 0 Å². The first-order valence-electron chi connectivity index (χ1n) is 12.0. The molecule has 9 heteroatoms. The number of ketones is 1. The summed E-state index contributed by atoms with van der Waals surface area (Å²) >= 11 is 13.2. The molecule has 1 fully saturated rings. The van der Waals surface area contributed by atoms with Crippen molar-refractivity contribution < 1.29 is 18.4 Å². The number of hydrogen-bond acceptors (Lipinski definition) is 3. The average Bonchev–Trinajstić information content (AvgIpc) is 3.12. The van der Waals surface area contributed by atoms with Crippen molar-refractivity contribution in [2.24, 2.45) is 13.0 Å². The molecule has 1 aliphatic heterocycles. The maximum atomic E-state index is 14.0. The smallest absolute Gasteiger partial charge is 0.270 e. The summed E-state index contributed by atoms with van der Waals surface area (Å²) in [4.78, 5) is 31.2. The quantitative estimate of drug-likeness (QED) is 0.352. The van der Waals surface area contributed by atoms with Gasteiger partial charge in [-0.15, -0.1) is 0 Å². The SMILES string of the molecule is CC(=O)CC1CCN(C(=O)c2ccc(Cl)c(Cc3nc4c(C)cc(C(C)(F)F)cc4n3C)c2Cl)CC1. The number of hydrogen-bond donors (Lipinski definition) is 0. The maximum absolute atomic E-state index is 14.0. The molecule has 3 aromatic rings. The number of nitrogens with zero attached hydrogens (tertiary/aromatic N) is 3. The zero-order chi connectivity index (χ0) is 26.4. The Labute approximate surface area is 219 Å². The highest BCUT2D eigenvalue weighted by atomic mass is 35.5. The third kappa shape index (κ3) is 5.28. The number of halogens is 4. The second-order valence-corrected chi connectivity index (χ2v) is 10.6. The molecule has 0 aliphatic carbocycles. The number of imidazole rings is 1. The molecular weight excluding hydrogens is 507 g/mol. The largest absolute Gasteiger partial charge is 0.339 e. The van der Waals surface area contributed by atoms with Crippen molar-refractivity contribution >= 4 is 45.9 Å². The second kappa shape index (κ2) is 10.1. The topological polar surface area (TPSA) is 55.2 Å². The first-order valence-corrected chi connectivity index (χ1v) is 12.7. The van der Waals surface area contributed by atoms with Crippen molar-refractivity contribution in [3.63, 3.8) is 0 Å². The number of carbonyl (C=O) groups is 2. The Kier molecular flexibility index (Phi) is 7.45. The van der Waals surface area contributed by atoms with Crippen molar-refractivity contribution in [2.75, 3.05) is 13.1 Å². The van der Waals surface area contributed by atoms with E-state index in [0.29, 0.717) is 64.0 Å². The molecule has 0 radical (unpaired) electrons. The average molecular weight is 536 g/mol. The fraction of sp³-hybridized carbons (Fsp3) is 0.444.